The molecule has 1 atom stereocenters. The molecule has 0 radical (unpaired) electrons. The molecule has 2 aliphatic rings. The van der Waals surface area contributed by atoms with Crippen LogP contribution in [0.5, 0.6) is 5.75 Å². The number of benzene rings is 1. The number of rotatable bonds is 0. The first-order valence-electron chi connectivity index (χ1n) is 6.27. The average molecular weight is 219 g/mol. The van der Waals surface area contributed by atoms with Crippen molar-refractivity contribution in [1.82, 2.24) is 5.32 Å². The maximum Gasteiger partial charge on any atom is 0.127 e. The molecule has 3 rings (SSSR count). The Bertz CT molecular complexity index is 367. The zero-order chi connectivity index (χ0) is 11.6. The lowest BCUT2D eigenvalue weighted by Gasteiger charge is -2.21. The first kappa shape index (κ1) is 11.5. The molecule has 2 nitrogen and oxygen atoms in total. The highest BCUT2D eigenvalue weighted by Gasteiger charge is 2.41. The van der Waals surface area contributed by atoms with Crippen molar-refractivity contribution < 1.29 is 4.74 Å². The minimum Gasteiger partial charge on any atom is -0.485 e. The summed E-state index contributed by atoms with van der Waals surface area (Å²) >= 11 is 0. The fourth-order valence-corrected chi connectivity index (χ4v) is 2.52. The minimum atomic E-state index is 0.0795. The summed E-state index contributed by atoms with van der Waals surface area (Å²) in [6.45, 7) is 8.23. The van der Waals surface area contributed by atoms with Gasteiger partial charge < -0.3 is 10.1 Å². The lowest BCUT2D eigenvalue weighted by Crippen LogP contribution is -2.36. The second-order valence-corrected chi connectivity index (χ2v) is 4.50. The molecule has 0 amide bonds. The predicted octanol–water partition coefficient (Wildman–Crippen LogP) is 2.69. The molecule has 2 heteroatoms. The standard InChI is InChI=1S/C12H15NO.C2H6/c1-9-2-3-11-10(6-9)7-12(14-11)4-5-13-8-12;1-2/h2-3,6,13H,4-5,7-8H2,1H3;1-2H3. The fraction of sp³-hybridized carbons (Fsp3) is 0.571. The van der Waals surface area contributed by atoms with Crippen LogP contribution in [0.25, 0.3) is 0 Å². The van der Waals surface area contributed by atoms with Gasteiger partial charge in [0.1, 0.15) is 11.4 Å². The Labute approximate surface area is 98.0 Å². The summed E-state index contributed by atoms with van der Waals surface area (Å²) in [6.07, 6.45) is 2.22. The smallest absolute Gasteiger partial charge is 0.127 e. The number of ether oxygens (including phenoxy) is 1. The quantitative estimate of drug-likeness (QED) is 0.724. The molecule has 2 heterocycles. The van der Waals surface area contributed by atoms with Gasteiger partial charge in [0.05, 0.1) is 0 Å². The van der Waals surface area contributed by atoms with Gasteiger partial charge in [0.2, 0.25) is 0 Å². The van der Waals surface area contributed by atoms with Crippen LogP contribution in [0.4, 0.5) is 0 Å². The topological polar surface area (TPSA) is 21.3 Å². The molecule has 1 unspecified atom stereocenters. The predicted molar refractivity (Wildman–Crippen MR) is 67.1 cm³/mol. The van der Waals surface area contributed by atoms with Gasteiger partial charge in [-0.15, -0.1) is 0 Å². The number of aryl methyl sites for hydroxylation is 1. The number of nitrogens with one attached hydrogen (secondary N) is 1. The van der Waals surface area contributed by atoms with Crippen LogP contribution < -0.4 is 10.1 Å². The first-order chi connectivity index (χ1) is 7.77. The van der Waals surface area contributed by atoms with Gasteiger partial charge in [-0.2, -0.15) is 0 Å². The van der Waals surface area contributed by atoms with Crippen molar-refractivity contribution in [2.45, 2.75) is 39.2 Å². The molecule has 1 fully saturated rings. The van der Waals surface area contributed by atoms with Crippen molar-refractivity contribution in [2.75, 3.05) is 13.1 Å². The summed E-state index contributed by atoms with van der Waals surface area (Å²) in [4.78, 5) is 0. The molecule has 1 spiro atoms. The van der Waals surface area contributed by atoms with Gasteiger partial charge in [0.15, 0.2) is 0 Å². The van der Waals surface area contributed by atoms with Crippen LogP contribution in [-0.4, -0.2) is 18.7 Å². The Kier molecular flexibility index (Phi) is 3.20. The molecule has 88 valence electrons. The molecule has 1 aromatic carbocycles. The fourth-order valence-electron chi connectivity index (χ4n) is 2.52. The highest BCUT2D eigenvalue weighted by atomic mass is 16.5. The van der Waals surface area contributed by atoms with Crippen LogP contribution in [0.3, 0.4) is 0 Å². The van der Waals surface area contributed by atoms with E-state index in [4.69, 9.17) is 4.74 Å². The van der Waals surface area contributed by atoms with E-state index in [1.807, 2.05) is 13.8 Å². The minimum absolute atomic E-state index is 0.0795. The molecule has 0 aliphatic carbocycles. The second-order valence-electron chi connectivity index (χ2n) is 4.50. The van der Waals surface area contributed by atoms with E-state index in [-0.39, 0.29) is 5.60 Å². The lowest BCUT2D eigenvalue weighted by atomic mass is 9.96. The van der Waals surface area contributed by atoms with Crippen molar-refractivity contribution in [3.05, 3.63) is 29.3 Å². The highest BCUT2D eigenvalue weighted by Crippen LogP contribution is 2.38. The summed E-state index contributed by atoms with van der Waals surface area (Å²) < 4.78 is 6.05. The third-order valence-electron chi connectivity index (χ3n) is 3.26. The molecular weight excluding hydrogens is 198 g/mol. The molecule has 0 bridgehead atoms. The van der Waals surface area contributed by atoms with E-state index in [9.17, 15) is 0 Å². The van der Waals surface area contributed by atoms with Gasteiger partial charge in [-0.1, -0.05) is 31.5 Å². The number of fused-ring (bicyclic) bond motifs is 1. The van der Waals surface area contributed by atoms with Crippen molar-refractivity contribution in [2.24, 2.45) is 0 Å². The molecule has 0 saturated carbocycles. The van der Waals surface area contributed by atoms with Gasteiger partial charge in [-0.25, -0.2) is 0 Å². The van der Waals surface area contributed by atoms with E-state index < -0.39 is 0 Å². The lowest BCUT2D eigenvalue weighted by molar-refractivity contribution is 0.118. The Hall–Kier alpha value is -1.02. The molecule has 1 saturated heterocycles. The molecule has 0 aromatic heterocycles. The Balaban J connectivity index is 0.000000457. The molecule has 1 aromatic rings. The van der Waals surface area contributed by atoms with E-state index in [1.54, 1.807) is 0 Å². The van der Waals surface area contributed by atoms with Crippen LogP contribution in [0.15, 0.2) is 18.2 Å². The third-order valence-corrected chi connectivity index (χ3v) is 3.26. The number of hydrogen-bond donors (Lipinski definition) is 1. The summed E-state index contributed by atoms with van der Waals surface area (Å²) in [5.41, 5.74) is 2.79. The third kappa shape index (κ3) is 1.94. The van der Waals surface area contributed by atoms with E-state index >= 15 is 0 Å². The van der Waals surface area contributed by atoms with Crippen molar-refractivity contribution in [1.29, 1.82) is 0 Å². The Morgan fingerprint density at radius 1 is 1.31 bits per heavy atom. The van der Waals surface area contributed by atoms with Crippen molar-refractivity contribution >= 4 is 0 Å². The van der Waals surface area contributed by atoms with Crippen molar-refractivity contribution in [3.63, 3.8) is 0 Å². The Morgan fingerprint density at radius 2 is 2.12 bits per heavy atom. The largest absolute Gasteiger partial charge is 0.485 e. The monoisotopic (exact) mass is 219 g/mol. The molecule has 1 N–H and O–H groups in total. The van der Waals surface area contributed by atoms with E-state index in [0.717, 1.165) is 31.7 Å². The van der Waals surface area contributed by atoms with Gasteiger partial charge in [-0.3, -0.25) is 0 Å². The maximum absolute atomic E-state index is 6.05. The SMILES string of the molecule is CC.Cc1ccc2c(c1)CC1(CCNC1)O2. The number of hydrogen-bond acceptors (Lipinski definition) is 2. The van der Waals surface area contributed by atoms with Crippen LogP contribution in [0.1, 0.15) is 31.4 Å². The van der Waals surface area contributed by atoms with E-state index in [1.165, 1.54) is 11.1 Å². The molecular formula is C14H21NO. The van der Waals surface area contributed by atoms with Crippen LogP contribution in [0.2, 0.25) is 0 Å². The zero-order valence-electron chi connectivity index (χ0n) is 10.5. The zero-order valence-corrected chi connectivity index (χ0v) is 10.5. The van der Waals surface area contributed by atoms with Crippen molar-refractivity contribution in [3.8, 4) is 5.75 Å². The van der Waals surface area contributed by atoms with Crippen LogP contribution >= 0.6 is 0 Å². The van der Waals surface area contributed by atoms with Crippen LogP contribution in [0, 0.1) is 6.92 Å². The normalized spacial score (nSPS) is 25.9. The summed E-state index contributed by atoms with van der Waals surface area (Å²) in [6, 6.07) is 6.49. The van der Waals surface area contributed by atoms with E-state index in [0.29, 0.717) is 0 Å². The Morgan fingerprint density at radius 3 is 2.81 bits per heavy atom. The van der Waals surface area contributed by atoms with Gasteiger partial charge in [-0.05, 0) is 25.1 Å². The highest BCUT2D eigenvalue weighted by molar-refractivity contribution is 5.42. The molecule has 16 heavy (non-hydrogen) atoms. The van der Waals surface area contributed by atoms with Gasteiger partial charge in [0.25, 0.3) is 0 Å². The first-order valence-corrected chi connectivity index (χ1v) is 6.27. The summed E-state index contributed by atoms with van der Waals surface area (Å²) in [5, 5.41) is 3.38. The molecule has 2 aliphatic heterocycles. The van der Waals surface area contributed by atoms with Gasteiger partial charge >= 0.3 is 0 Å². The maximum atomic E-state index is 6.05. The van der Waals surface area contributed by atoms with E-state index in [2.05, 4.69) is 30.4 Å². The van der Waals surface area contributed by atoms with Crippen LogP contribution in [-0.2, 0) is 6.42 Å². The summed E-state index contributed by atoms with van der Waals surface area (Å²) in [5.74, 6) is 1.10. The summed E-state index contributed by atoms with van der Waals surface area (Å²) in [7, 11) is 0. The second kappa shape index (κ2) is 4.46. The average Bonchev–Trinajstić information content (AvgIpc) is 2.88. The van der Waals surface area contributed by atoms with Gasteiger partial charge in [0, 0.05) is 19.4 Å².